The highest BCUT2D eigenvalue weighted by molar-refractivity contribution is 7.15. The molecule has 1 aliphatic heterocycles. The fourth-order valence-electron chi connectivity index (χ4n) is 3.54. The number of rotatable bonds is 7. The van der Waals surface area contributed by atoms with E-state index < -0.39 is 0 Å². The quantitative estimate of drug-likeness (QED) is 0.386. The van der Waals surface area contributed by atoms with Gasteiger partial charge in [-0.3, -0.25) is 5.32 Å². The van der Waals surface area contributed by atoms with Gasteiger partial charge in [0.2, 0.25) is 5.88 Å². The summed E-state index contributed by atoms with van der Waals surface area (Å²) in [7, 11) is 4.55. The third-order valence-electron chi connectivity index (χ3n) is 5.13. The lowest BCUT2D eigenvalue weighted by Crippen LogP contribution is -2.30. The van der Waals surface area contributed by atoms with Crippen LogP contribution in [0.5, 0.6) is 11.9 Å². The molecule has 178 valence electrons. The zero-order chi connectivity index (χ0) is 24.1. The van der Waals surface area contributed by atoms with E-state index in [9.17, 15) is 4.79 Å². The number of aromatic nitrogens is 3. The number of nitrogens with zero attached hydrogens (tertiary/aromatic N) is 5. The predicted molar refractivity (Wildman–Crippen MR) is 130 cm³/mol. The zero-order valence-electron chi connectivity index (χ0n) is 19.3. The molecular weight excluding hydrogens is 458 g/mol. The molecule has 0 saturated heterocycles. The molecule has 34 heavy (non-hydrogen) atoms. The van der Waals surface area contributed by atoms with E-state index in [1.165, 1.54) is 25.6 Å². The first-order valence-electron chi connectivity index (χ1n) is 10.5. The lowest BCUT2D eigenvalue weighted by atomic mass is 10.1. The summed E-state index contributed by atoms with van der Waals surface area (Å²) < 4.78 is 10.4. The van der Waals surface area contributed by atoms with Crippen LogP contribution < -0.4 is 25.0 Å². The number of para-hydroxylation sites is 1. The maximum atomic E-state index is 12.7. The van der Waals surface area contributed by atoms with Gasteiger partial charge in [0.15, 0.2) is 5.13 Å². The number of hydrogen-bond donors (Lipinski definition) is 2. The van der Waals surface area contributed by atoms with Gasteiger partial charge in [-0.2, -0.15) is 9.97 Å². The van der Waals surface area contributed by atoms with Crippen LogP contribution in [0.2, 0.25) is 0 Å². The van der Waals surface area contributed by atoms with Gasteiger partial charge in [-0.25, -0.2) is 9.78 Å². The van der Waals surface area contributed by atoms with Crippen molar-refractivity contribution in [1.29, 1.82) is 0 Å². The van der Waals surface area contributed by atoms with Crippen LogP contribution >= 0.6 is 11.3 Å². The summed E-state index contributed by atoms with van der Waals surface area (Å²) in [5, 5.41) is 10.2. The second-order valence-corrected chi connectivity index (χ2v) is 8.38. The average Bonchev–Trinajstić information content (AvgIpc) is 3.25. The van der Waals surface area contributed by atoms with Gasteiger partial charge in [-0.15, -0.1) is 0 Å². The molecule has 1 aromatic carbocycles. The fraction of sp³-hybridized carbons (Fsp3) is 0.318. The van der Waals surface area contributed by atoms with Crippen LogP contribution in [0.15, 0.2) is 35.5 Å². The van der Waals surface area contributed by atoms with Gasteiger partial charge in [0.25, 0.3) is 0 Å². The highest BCUT2D eigenvalue weighted by Crippen LogP contribution is 2.31. The topological polar surface area (TPSA) is 123 Å². The molecule has 0 spiro atoms. The van der Waals surface area contributed by atoms with E-state index >= 15 is 0 Å². The summed E-state index contributed by atoms with van der Waals surface area (Å²) in [6.45, 7) is 3.14. The number of thiazole rings is 1. The van der Waals surface area contributed by atoms with Crippen molar-refractivity contribution in [1.82, 2.24) is 15.0 Å². The van der Waals surface area contributed by atoms with E-state index in [1.54, 1.807) is 19.2 Å². The average molecular weight is 484 g/mol. The summed E-state index contributed by atoms with van der Waals surface area (Å²) >= 11 is 1.44. The Hall–Kier alpha value is -3.93. The van der Waals surface area contributed by atoms with Crippen molar-refractivity contribution in [2.24, 2.45) is 5.16 Å². The number of benzene rings is 1. The molecule has 4 rings (SSSR count). The molecule has 2 aromatic heterocycles. The minimum Gasteiger partial charge on any atom is -0.481 e. The summed E-state index contributed by atoms with van der Waals surface area (Å²) in [5.41, 5.74) is 3.01. The monoisotopic (exact) mass is 483 g/mol. The Kier molecular flexibility index (Phi) is 7.07. The Morgan fingerprint density at radius 2 is 1.94 bits per heavy atom. The van der Waals surface area contributed by atoms with Gasteiger partial charge in [0.05, 0.1) is 37.9 Å². The SMILES string of the molecule is CO/N=C(\C)c1ccccc1NC(=O)Nc1nc2c(s1)CN(c1cc(OC)nc(OC)n1)CC2. The number of carbonyl (C=O) groups excluding carboxylic acids is 1. The van der Waals surface area contributed by atoms with Crippen LogP contribution in [0.1, 0.15) is 23.1 Å². The molecular formula is C22H25N7O4S. The first-order valence-corrected chi connectivity index (χ1v) is 11.3. The Morgan fingerprint density at radius 1 is 1.12 bits per heavy atom. The van der Waals surface area contributed by atoms with Crippen molar-refractivity contribution in [2.75, 3.05) is 43.4 Å². The van der Waals surface area contributed by atoms with Gasteiger partial charge in [0, 0.05) is 29.5 Å². The highest BCUT2D eigenvalue weighted by Gasteiger charge is 2.24. The number of hydrogen-bond acceptors (Lipinski definition) is 10. The number of amides is 2. The number of oxime groups is 1. The lowest BCUT2D eigenvalue weighted by molar-refractivity contribution is 0.213. The zero-order valence-corrected chi connectivity index (χ0v) is 20.1. The number of urea groups is 1. The Bertz CT molecular complexity index is 1190. The lowest BCUT2D eigenvalue weighted by Gasteiger charge is -2.27. The molecule has 0 bridgehead atoms. The third kappa shape index (κ3) is 5.17. The Balaban J connectivity index is 1.46. The van der Waals surface area contributed by atoms with Gasteiger partial charge in [0.1, 0.15) is 12.9 Å². The van der Waals surface area contributed by atoms with Crippen LogP contribution in [0.3, 0.4) is 0 Å². The number of anilines is 3. The molecule has 0 unspecified atom stereocenters. The van der Waals surface area contributed by atoms with E-state index in [0.717, 1.165) is 29.1 Å². The largest absolute Gasteiger partial charge is 0.481 e. The molecule has 0 aliphatic carbocycles. The maximum Gasteiger partial charge on any atom is 0.325 e. The molecule has 0 saturated carbocycles. The standard InChI is InChI=1S/C22H25N7O4S/c1-13(28-33-4)14-7-5-6-8-15(14)23-20(30)27-22-24-16-9-10-29(12-17(16)34-22)18-11-19(31-2)26-21(25-18)32-3/h5-8,11H,9-10,12H2,1-4H3,(H2,23,24,27,30)/b28-13+. The molecule has 3 heterocycles. The molecule has 12 heteroatoms. The molecule has 0 fully saturated rings. The van der Waals surface area contributed by atoms with E-state index in [0.29, 0.717) is 34.8 Å². The maximum absolute atomic E-state index is 12.7. The number of fused-ring (bicyclic) bond motifs is 1. The smallest absolute Gasteiger partial charge is 0.325 e. The van der Waals surface area contributed by atoms with Crippen molar-refractivity contribution in [3.05, 3.63) is 46.5 Å². The molecule has 1 aliphatic rings. The molecule has 11 nitrogen and oxygen atoms in total. The minimum atomic E-state index is -0.383. The first-order chi connectivity index (χ1) is 16.5. The summed E-state index contributed by atoms with van der Waals surface area (Å²) in [5.74, 6) is 1.14. The minimum absolute atomic E-state index is 0.245. The number of carbonyl (C=O) groups is 1. The normalized spacial score (nSPS) is 13.2. The second kappa shape index (κ2) is 10.3. The van der Waals surface area contributed by atoms with Crippen molar-refractivity contribution >= 4 is 39.7 Å². The van der Waals surface area contributed by atoms with E-state index in [-0.39, 0.29) is 12.0 Å². The van der Waals surface area contributed by atoms with E-state index in [4.69, 9.17) is 14.3 Å². The van der Waals surface area contributed by atoms with Gasteiger partial charge >= 0.3 is 12.0 Å². The molecule has 2 amide bonds. The van der Waals surface area contributed by atoms with Gasteiger partial charge in [-0.1, -0.05) is 34.7 Å². The van der Waals surface area contributed by atoms with Crippen molar-refractivity contribution < 1.29 is 19.1 Å². The van der Waals surface area contributed by atoms with Crippen molar-refractivity contribution in [3.63, 3.8) is 0 Å². The summed E-state index contributed by atoms with van der Waals surface area (Å²) in [6, 6.07) is 9.01. The number of nitrogens with one attached hydrogen (secondary N) is 2. The Labute approximate surface area is 200 Å². The third-order valence-corrected chi connectivity index (χ3v) is 6.13. The fourth-order valence-corrected chi connectivity index (χ4v) is 4.56. The number of ether oxygens (including phenoxy) is 2. The molecule has 0 radical (unpaired) electrons. The van der Waals surface area contributed by atoms with Gasteiger partial charge in [-0.05, 0) is 13.0 Å². The van der Waals surface area contributed by atoms with E-state index in [2.05, 4.69) is 35.6 Å². The summed E-state index contributed by atoms with van der Waals surface area (Å²) in [6.07, 6.45) is 0.722. The highest BCUT2D eigenvalue weighted by atomic mass is 32.1. The number of methoxy groups -OCH3 is 2. The molecule has 3 aromatic rings. The summed E-state index contributed by atoms with van der Waals surface area (Å²) in [4.78, 5) is 33.9. The van der Waals surface area contributed by atoms with Crippen LogP contribution in [-0.2, 0) is 17.8 Å². The Morgan fingerprint density at radius 3 is 2.71 bits per heavy atom. The van der Waals surface area contributed by atoms with Crippen LogP contribution in [0.4, 0.5) is 21.4 Å². The molecule has 2 N–H and O–H groups in total. The van der Waals surface area contributed by atoms with Crippen molar-refractivity contribution in [2.45, 2.75) is 19.9 Å². The van der Waals surface area contributed by atoms with Gasteiger partial charge < -0.3 is 24.5 Å². The second-order valence-electron chi connectivity index (χ2n) is 7.30. The van der Waals surface area contributed by atoms with Crippen LogP contribution in [0.25, 0.3) is 0 Å². The van der Waals surface area contributed by atoms with Crippen LogP contribution in [-0.4, -0.2) is 54.6 Å². The molecule has 0 atom stereocenters. The van der Waals surface area contributed by atoms with Crippen molar-refractivity contribution in [3.8, 4) is 11.9 Å². The van der Waals surface area contributed by atoms with Crippen LogP contribution in [0, 0.1) is 0 Å². The first kappa shape index (κ1) is 23.2. The predicted octanol–water partition coefficient (Wildman–Crippen LogP) is 3.53. The van der Waals surface area contributed by atoms with E-state index in [1.807, 2.05) is 25.1 Å².